The lowest BCUT2D eigenvalue weighted by molar-refractivity contribution is 1.19. The van der Waals surface area contributed by atoms with Crippen molar-refractivity contribution in [1.82, 2.24) is 4.57 Å². The third-order valence-electron chi connectivity index (χ3n) is 9.26. The van der Waals surface area contributed by atoms with E-state index in [2.05, 4.69) is 138 Å². The number of thiophene rings is 1. The van der Waals surface area contributed by atoms with Crippen molar-refractivity contribution in [3.8, 4) is 16.8 Å². The minimum absolute atomic E-state index is 0.0619. The molecule has 41 heavy (non-hydrogen) atoms. The first kappa shape index (κ1) is 22.0. The van der Waals surface area contributed by atoms with Crippen LogP contribution in [0.5, 0.6) is 0 Å². The van der Waals surface area contributed by atoms with Crippen LogP contribution in [-0.4, -0.2) is 11.4 Å². The van der Waals surface area contributed by atoms with Crippen LogP contribution < -0.4 is 15.7 Å². The fraction of sp³-hybridized carbons (Fsp3) is 0.0270. The Labute approximate surface area is 241 Å². The van der Waals surface area contributed by atoms with Crippen LogP contribution in [0.25, 0.3) is 58.8 Å². The molecule has 0 radical (unpaired) electrons. The lowest BCUT2D eigenvalue weighted by Crippen LogP contribution is -2.60. The predicted octanol–water partition coefficient (Wildman–Crippen LogP) is 8.70. The van der Waals surface area contributed by atoms with E-state index in [1.807, 2.05) is 11.3 Å². The molecule has 0 N–H and O–H groups in total. The fourth-order valence-electron chi connectivity index (χ4n) is 7.68. The lowest BCUT2D eigenvalue weighted by Gasteiger charge is -2.42. The molecule has 0 amide bonds. The number of anilines is 2. The van der Waals surface area contributed by atoms with E-state index in [4.69, 9.17) is 0 Å². The van der Waals surface area contributed by atoms with Gasteiger partial charge in [0.1, 0.15) is 0 Å². The Kier molecular flexibility index (Phi) is 4.12. The van der Waals surface area contributed by atoms with Gasteiger partial charge in [0, 0.05) is 53.6 Å². The smallest absolute Gasteiger partial charge is 0.333 e. The number of hydrogen-bond donors (Lipinski definition) is 0. The Hall–Kier alpha value is -4.80. The number of nitrogens with zero attached hydrogens (tertiary/aromatic N) is 2. The quantitative estimate of drug-likeness (QED) is 0.190. The number of aromatic nitrogens is 1. The summed E-state index contributed by atoms with van der Waals surface area (Å²) in [7, 11) is 0. The average molecular weight is 538 g/mol. The topological polar surface area (TPSA) is 8.17 Å². The third kappa shape index (κ3) is 2.69. The number of fused-ring (bicyclic) bond motifs is 11. The molecule has 2 aromatic heterocycles. The first-order valence-electron chi connectivity index (χ1n) is 14.2. The Balaban J connectivity index is 1.46. The van der Waals surface area contributed by atoms with Crippen LogP contribution in [0.1, 0.15) is 5.56 Å². The molecule has 6 aromatic carbocycles. The van der Waals surface area contributed by atoms with E-state index in [9.17, 15) is 0 Å². The van der Waals surface area contributed by atoms with E-state index < -0.39 is 0 Å². The highest BCUT2D eigenvalue weighted by Crippen LogP contribution is 2.46. The zero-order valence-corrected chi connectivity index (χ0v) is 23.2. The monoisotopic (exact) mass is 538 g/mol. The van der Waals surface area contributed by atoms with Gasteiger partial charge in [0.25, 0.3) is 0 Å². The lowest BCUT2D eigenvalue weighted by atomic mass is 9.44. The minimum Gasteiger partial charge on any atom is -0.376 e. The molecule has 2 aliphatic heterocycles. The van der Waals surface area contributed by atoms with Gasteiger partial charge in [-0.1, -0.05) is 78.9 Å². The predicted molar refractivity (Wildman–Crippen MR) is 177 cm³/mol. The van der Waals surface area contributed by atoms with Gasteiger partial charge in [-0.2, -0.15) is 0 Å². The maximum atomic E-state index is 2.59. The molecule has 8 aromatic rings. The van der Waals surface area contributed by atoms with Crippen LogP contribution in [0, 0.1) is 6.92 Å². The highest BCUT2D eigenvalue weighted by atomic mass is 32.1. The number of aryl methyl sites for hydroxylation is 1. The summed E-state index contributed by atoms with van der Waals surface area (Å²) < 4.78 is 5.27. The highest BCUT2D eigenvalue weighted by Gasteiger charge is 2.44. The van der Waals surface area contributed by atoms with Gasteiger partial charge in [0.05, 0.1) is 11.0 Å². The molecule has 0 aliphatic carbocycles. The van der Waals surface area contributed by atoms with Gasteiger partial charge < -0.3 is 9.38 Å². The highest BCUT2D eigenvalue weighted by molar-refractivity contribution is 7.26. The summed E-state index contributed by atoms with van der Waals surface area (Å²) in [4.78, 5) is 2.59. The van der Waals surface area contributed by atoms with Crippen molar-refractivity contribution in [3.05, 3.63) is 127 Å². The van der Waals surface area contributed by atoms with Gasteiger partial charge >= 0.3 is 6.85 Å². The van der Waals surface area contributed by atoms with Crippen LogP contribution in [0.2, 0.25) is 0 Å². The van der Waals surface area contributed by atoms with E-state index in [1.54, 1.807) is 0 Å². The van der Waals surface area contributed by atoms with Crippen molar-refractivity contribution in [1.29, 1.82) is 0 Å². The molecule has 0 spiro atoms. The summed E-state index contributed by atoms with van der Waals surface area (Å²) >= 11 is 1.91. The molecule has 4 heteroatoms. The normalized spacial score (nSPS) is 13.4. The molecule has 0 saturated carbocycles. The maximum Gasteiger partial charge on any atom is 0.333 e. The fourth-order valence-corrected chi connectivity index (χ4v) is 8.81. The van der Waals surface area contributed by atoms with E-state index in [0.717, 1.165) is 0 Å². The summed E-state index contributed by atoms with van der Waals surface area (Å²) in [6.07, 6.45) is 0. The second-order valence-corrected chi connectivity index (χ2v) is 12.4. The third-order valence-corrected chi connectivity index (χ3v) is 10.4. The van der Waals surface area contributed by atoms with Crippen molar-refractivity contribution in [3.63, 3.8) is 0 Å². The van der Waals surface area contributed by atoms with E-state index in [1.165, 1.54) is 86.7 Å². The first-order chi connectivity index (χ1) is 20.3. The Morgan fingerprint density at radius 2 is 1.37 bits per heavy atom. The van der Waals surface area contributed by atoms with E-state index >= 15 is 0 Å². The Morgan fingerprint density at radius 1 is 0.610 bits per heavy atom. The van der Waals surface area contributed by atoms with E-state index in [0.29, 0.717) is 0 Å². The number of hydrogen-bond acceptors (Lipinski definition) is 2. The SMILES string of the molecule is Cc1cc2c3c4c1c1ccccc1n4-c1cc4c(cc1B3N(c1ccccc1)c1ccccc1-2)sc1ccccc14. The minimum atomic E-state index is 0.0619. The number of benzene rings is 6. The molecule has 0 fully saturated rings. The zero-order chi connectivity index (χ0) is 26.8. The van der Waals surface area contributed by atoms with Crippen molar-refractivity contribution in [2.75, 3.05) is 4.81 Å². The maximum absolute atomic E-state index is 2.59. The van der Waals surface area contributed by atoms with Crippen molar-refractivity contribution in [2.24, 2.45) is 0 Å². The largest absolute Gasteiger partial charge is 0.376 e. The van der Waals surface area contributed by atoms with Gasteiger partial charge in [-0.25, -0.2) is 0 Å². The molecule has 0 saturated heterocycles. The standard InChI is InChI=1S/C37H23BN2S/c1-22-19-28-24-13-5-9-17-31(24)40(23-11-3-2-4-12-23)38-29-21-34-27(25-14-7-10-18-33(25)41-34)20-32(29)39-30-16-8-6-15-26(30)35(22)37(39)36(28)38/h2-21H,1H3. The van der Waals surface area contributed by atoms with Gasteiger partial charge in [-0.3, -0.25) is 0 Å². The zero-order valence-electron chi connectivity index (χ0n) is 22.4. The molecule has 190 valence electrons. The van der Waals surface area contributed by atoms with Crippen molar-refractivity contribution >= 4 is 82.5 Å². The van der Waals surface area contributed by atoms with Gasteiger partial charge in [-0.15, -0.1) is 11.3 Å². The van der Waals surface area contributed by atoms with Gasteiger partial charge in [0.2, 0.25) is 0 Å². The first-order valence-corrected chi connectivity index (χ1v) is 15.1. The summed E-state index contributed by atoms with van der Waals surface area (Å²) in [6, 6.07) is 45.2. The van der Waals surface area contributed by atoms with Gasteiger partial charge in [-0.05, 0) is 71.4 Å². The summed E-state index contributed by atoms with van der Waals surface area (Å²) in [5.74, 6) is 0. The van der Waals surface area contributed by atoms with Crippen LogP contribution in [0.15, 0.2) is 121 Å². The summed E-state index contributed by atoms with van der Waals surface area (Å²) in [5.41, 5.74) is 13.2. The van der Waals surface area contributed by atoms with Crippen LogP contribution in [0.4, 0.5) is 11.4 Å². The molecule has 0 unspecified atom stereocenters. The van der Waals surface area contributed by atoms with Crippen LogP contribution in [-0.2, 0) is 0 Å². The van der Waals surface area contributed by atoms with Crippen molar-refractivity contribution in [2.45, 2.75) is 6.92 Å². The molecule has 2 aliphatic rings. The van der Waals surface area contributed by atoms with E-state index in [-0.39, 0.29) is 6.85 Å². The average Bonchev–Trinajstić information content (AvgIpc) is 3.56. The van der Waals surface area contributed by atoms with Gasteiger partial charge in [0.15, 0.2) is 0 Å². The van der Waals surface area contributed by atoms with Crippen LogP contribution in [0.3, 0.4) is 0 Å². The molecule has 0 bridgehead atoms. The number of rotatable bonds is 1. The molecular formula is C37H23BN2S. The second kappa shape index (κ2) is 7.69. The molecular weight excluding hydrogens is 515 g/mol. The molecule has 0 atom stereocenters. The molecule has 4 heterocycles. The summed E-state index contributed by atoms with van der Waals surface area (Å²) in [6.45, 7) is 2.35. The Bertz CT molecular complexity index is 2400. The van der Waals surface area contributed by atoms with Crippen LogP contribution >= 0.6 is 11.3 Å². The van der Waals surface area contributed by atoms with Crippen molar-refractivity contribution < 1.29 is 0 Å². The molecule has 10 rings (SSSR count). The second-order valence-electron chi connectivity index (χ2n) is 11.4. The number of para-hydroxylation sites is 3. The molecule has 2 nitrogen and oxygen atoms in total. The Morgan fingerprint density at radius 3 is 2.27 bits per heavy atom. The summed E-state index contributed by atoms with van der Waals surface area (Å²) in [5, 5.41) is 5.38.